The molecule has 0 aliphatic heterocycles. The predicted octanol–water partition coefficient (Wildman–Crippen LogP) is 5.29. The van der Waals surface area contributed by atoms with E-state index >= 15 is 0 Å². The summed E-state index contributed by atoms with van der Waals surface area (Å²) in [5, 5.41) is 2.10. The first kappa shape index (κ1) is 22.9. The lowest BCUT2D eigenvalue weighted by molar-refractivity contribution is 0.0513. The minimum Gasteiger partial charge on any atom is -0.467 e. The molecule has 0 saturated heterocycles. The highest BCUT2D eigenvalue weighted by Crippen LogP contribution is 2.29. The van der Waals surface area contributed by atoms with Crippen molar-refractivity contribution in [3.05, 3.63) is 125 Å². The van der Waals surface area contributed by atoms with E-state index in [1.54, 1.807) is 7.11 Å². The molecule has 0 radical (unpaired) electrons. The van der Waals surface area contributed by atoms with E-state index in [0.717, 1.165) is 41.0 Å². The van der Waals surface area contributed by atoms with Crippen molar-refractivity contribution in [1.82, 2.24) is 0 Å². The maximum atomic E-state index is 11.6. The molecule has 0 aliphatic rings. The number of methoxy groups -OCH3 is 1. The average molecular weight is 455 g/mol. The lowest BCUT2D eigenvalue weighted by atomic mass is 9.98. The molecule has 33 heavy (non-hydrogen) atoms. The van der Waals surface area contributed by atoms with Gasteiger partial charge >= 0.3 is 0 Å². The Hall–Kier alpha value is -3.26. The predicted molar refractivity (Wildman–Crippen MR) is 137 cm³/mol. The Morgan fingerprint density at radius 1 is 0.727 bits per heavy atom. The molecule has 0 aliphatic carbocycles. The van der Waals surface area contributed by atoms with E-state index in [-0.39, 0.29) is 6.79 Å². The van der Waals surface area contributed by atoms with Crippen molar-refractivity contribution >= 4 is 25.5 Å². The van der Waals surface area contributed by atoms with Crippen LogP contribution in [0.4, 0.5) is 0 Å². The number of carbonyl (C=O) groups excluding carboxylic acids is 1. The van der Waals surface area contributed by atoms with Crippen LogP contribution in [0, 0.1) is 0 Å². The molecular formula is C29H27O3P. The van der Waals surface area contributed by atoms with Crippen LogP contribution in [0.2, 0.25) is 0 Å². The second-order valence-corrected chi connectivity index (χ2v) is 9.16. The van der Waals surface area contributed by atoms with E-state index in [0.29, 0.717) is 14.1 Å². The van der Waals surface area contributed by atoms with Crippen LogP contribution in [-0.4, -0.2) is 20.2 Å². The number of carbonyl (C=O) groups is 1. The molecule has 4 aromatic carbocycles. The van der Waals surface area contributed by atoms with Gasteiger partial charge in [-0.2, -0.15) is 0 Å². The molecule has 166 valence electrons. The van der Waals surface area contributed by atoms with Gasteiger partial charge in [0.15, 0.2) is 13.1 Å². The SMILES string of the molecule is COCOc1c(Cc2ccccc2)cc(Cc2ccccc2)cc1Pc1ccccc1C=O. The molecule has 1 unspecified atom stereocenters. The van der Waals surface area contributed by atoms with Gasteiger partial charge in [-0.15, -0.1) is 0 Å². The topological polar surface area (TPSA) is 35.5 Å². The fourth-order valence-electron chi connectivity index (χ4n) is 3.88. The third kappa shape index (κ3) is 6.16. The van der Waals surface area contributed by atoms with Gasteiger partial charge in [-0.1, -0.05) is 99.6 Å². The fourth-order valence-corrected chi connectivity index (χ4v) is 5.24. The quantitative estimate of drug-likeness (QED) is 0.186. The first-order chi connectivity index (χ1) is 16.3. The number of hydrogen-bond acceptors (Lipinski definition) is 3. The first-order valence-corrected chi connectivity index (χ1v) is 11.9. The second-order valence-electron chi connectivity index (χ2n) is 7.84. The van der Waals surface area contributed by atoms with Gasteiger partial charge in [0.1, 0.15) is 5.75 Å². The lowest BCUT2D eigenvalue weighted by Crippen LogP contribution is -2.16. The maximum absolute atomic E-state index is 11.6. The molecular weight excluding hydrogens is 427 g/mol. The monoisotopic (exact) mass is 454 g/mol. The molecule has 0 bridgehead atoms. The van der Waals surface area contributed by atoms with Crippen LogP contribution >= 0.6 is 8.58 Å². The largest absolute Gasteiger partial charge is 0.467 e. The molecule has 0 aromatic heterocycles. The summed E-state index contributed by atoms with van der Waals surface area (Å²) >= 11 is 0. The van der Waals surface area contributed by atoms with Crippen molar-refractivity contribution in [2.45, 2.75) is 12.8 Å². The molecule has 0 saturated carbocycles. The van der Waals surface area contributed by atoms with Gasteiger partial charge in [-0.25, -0.2) is 0 Å². The highest BCUT2D eigenvalue weighted by Gasteiger charge is 2.16. The molecule has 1 atom stereocenters. The smallest absolute Gasteiger partial charge is 0.188 e. The van der Waals surface area contributed by atoms with Crippen LogP contribution in [0.5, 0.6) is 5.75 Å². The summed E-state index contributed by atoms with van der Waals surface area (Å²) < 4.78 is 11.4. The second kappa shape index (κ2) is 11.6. The Labute approximate surface area is 197 Å². The molecule has 4 rings (SSSR count). The van der Waals surface area contributed by atoms with Crippen LogP contribution in [0.15, 0.2) is 97.1 Å². The fraction of sp³-hybridized carbons (Fsp3) is 0.138. The minimum atomic E-state index is 0.173. The Kier molecular flexibility index (Phi) is 8.03. The third-order valence-corrected chi connectivity index (χ3v) is 6.76. The van der Waals surface area contributed by atoms with E-state index in [1.807, 2.05) is 36.4 Å². The van der Waals surface area contributed by atoms with E-state index in [2.05, 4.69) is 60.7 Å². The summed E-state index contributed by atoms with van der Waals surface area (Å²) in [5.41, 5.74) is 5.54. The van der Waals surface area contributed by atoms with E-state index in [9.17, 15) is 4.79 Å². The molecule has 0 amide bonds. The van der Waals surface area contributed by atoms with Crippen molar-refractivity contribution in [2.24, 2.45) is 0 Å². The van der Waals surface area contributed by atoms with Crippen molar-refractivity contribution in [2.75, 3.05) is 13.9 Å². The molecule has 4 aromatic rings. The van der Waals surface area contributed by atoms with Crippen molar-refractivity contribution in [3.8, 4) is 5.75 Å². The Balaban J connectivity index is 1.80. The zero-order valence-electron chi connectivity index (χ0n) is 18.7. The number of benzene rings is 4. The summed E-state index contributed by atoms with van der Waals surface area (Å²) in [6.45, 7) is 0.173. The Morgan fingerprint density at radius 3 is 2.03 bits per heavy atom. The van der Waals surface area contributed by atoms with Crippen LogP contribution in [0.25, 0.3) is 0 Å². The van der Waals surface area contributed by atoms with E-state index < -0.39 is 0 Å². The van der Waals surface area contributed by atoms with Crippen LogP contribution in [0.3, 0.4) is 0 Å². The average Bonchev–Trinajstić information content (AvgIpc) is 2.85. The zero-order valence-corrected chi connectivity index (χ0v) is 19.7. The summed E-state index contributed by atoms with van der Waals surface area (Å²) in [4.78, 5) is 11.6. The van der Waals surface area contributed by atoms with Gasteiger partial charge in [-0.05, 0) is 40.0 Å². The molecule has 0 fully saturated rings. The highest BCUT2D eigenvalue weighted by molar-refractivity contribution is 7.56. The van der Waals surface area contributed by atoms with Crippen molar-refractivity contribution in [1.29, 1.82) is 0 Å². The number of ether oxygens (including phenoxy) is 2. The lowest BCUT2D eigenvalue weighted by Gasteiger charge is -2.19. The van der Waals surface area contributed by atoms with Gasteiger partial charge in [0.25, 0.3) is 0 Å². The zero-order chi connectivity index (χ0) is 22.9. The molecule has 0 spiro atoms. The molecule has 0 heterocycles. The first-order valence-electron chi connectivity index (χ1n) is 10.9. The maximum Gasteiger partial charge on any atom is 0.188 e. The van der Waals surface area contributed by atoms with E-state index in [1.165, 1.54) is 16.7 Å². The van der Waals surface area contributed by atoms with Gasteiger partial charge in [-0.3, -0.25) is 4.79 Å². The highest BCUT2D eigenvalue weighted by atomic mass is 31.1. The van der Waals surface area contributed by atoms with E-state index in [4.69, 9.17) is 9.47 Å². The third-order valence-electron chi connectivity index (χ3n) is 5.39. The normalized spacial score (nSPS) is 11.1. The van der Waals surface area contributed by atoms with Crippen molar-refractivity contribution in [3.63, 3.8) is 0 Å². The summed E-state index contributed by atoms with van der Waals surface area (Å²) in [6.07, 6.45) is 2.52. The Morgan fingerprint density at radius 2 is 1.36 bits per heavy atom. The van der Waals surface area contributed by atoms with Crippen LogP contribution in [-0.2, 0) is 17.6 Å². The number of rotatable bonds is 10. The minimum absolute atomic E-state index is 0.173. The summed E-state index contributed by atoms with van der Waals surface area (Å²) in [7, 11) is 1.92. The number of aldehydes is 1. The van der Waals surface area contributed by atoms with Crippen LogP contribution < -0.4 is 15.3 Å². The van der Waals surface area contributed by atoms with Gasteiger partial charge < -0.3 is 9.47 Å². The van der Waals surface area contributed by atoms with Crippen LogP contribution in [0.1, 0.15) is 32.6 Å². The van der Waals surface area contributed by atoms with Gasteiger partial charge in [0, 0.05) is 24.4 Å². The summed E-state index contributed by atoms with van der Waals surface area (Å²) in [5.74, 6) is 0.844. The molecule has 0 N–H and O–H groups in total. The molecule has 3 nitrogen and oxygen atoms in total. The Bertz CT molecular complexity index is 1190. The summed E-state index contributed by atoms with van der Waals surface area (Å²) in [6, 6.07) is 33.1. The standard InChI is InChI=1S/C29H27O3P/c1-31-21-32-29-26(17-23-12-6-3-7-13-23)18-24(16-22-10-4-2-5-11-22)19-28(29)33-27-15-9-8-14-25(27)20-30/h2-15,18-20,33H,16-17,21H2,1H3. The molecule has 4 heteroatoms. The number of hydrogen-bond donors (Lipinski definition) is 0. The van der Waals surface area contributed by atoms with Gasteiger partial charge in [0.2, 0.25) is 0 Å². The van der Waals surface area contributed by atoms with Gasteiger partial charge in [0.05, 0.1) is 0 Å². The van der Waals surface area contributed by atoms with Crippen molar-refractivity contribution < 1.29 is 14.3 Å².